The van der Waals surface area contributed by atoms with Crippen molar-refractivity contribution in [3.8, 4) is 69.0 Å². The van der Waals surface area contributed by atoms with Crippen LogP contribution in [0.1, 0.15) is 58.3 Å². The van der Waals surface area contributed by atoms with Gasteiger partial charge in [0.25, 0.3) is 0 Å². The van der Waals surface area contributed by atoms with Gasteiger partial charge in [-0.3, -0.25) is 0 Å². The standard InChI is InChI=1S/C55H74N2O16/c1-56(23-19-35-30-43(64-7)52(68-11)54(70-13)47(35)38(56)27-34-28-39(60-3)50(66-9)40(29-34)61-4)21-15-25-72-45(58)17-18-46(59)73-26-16-22-57(2)24-20-36-31-44(65-8)53(69-12)55(71-14)48(36)49(57)37-32-41(62-5)51(67-10)42(33-37)63-6/h17-18,28-33,38,49H,15-16,19-27H2,1-14H3/q+2. The average molecular weight is 1020 g/mol. The lowest BCUT2D eigenvalue weighted by atomic mass is 9.84. The number of esters is 2. The molecule has 73 heavy (non-hydrogen) atoms. The van der Waals surface area contributed by atoms with Gasteiger partial charge in [0.1, 0.15) is 12.1 Å². The lowest BCUT2D eigenvalue weighted by Crippen LogP contribution is -2.52. The summed E-state index contributed by atoms with van der Waals surface area (Å²) in [6.45, 7) is 3.04. The van der Waals surface area contributed by atoms with Gasteiger partial charge >= 0.3 is 11.9 Å². The first-order valence-corrected chi connectivity index (χ1v) is 24.1. The molecule has 6 rings (SSSR count). The molecular weight excluding hydrogens is 945 g/mol. The Bertz CT molecular complexity index is 2570. The maximum Gasteiger partial charge on any atom is 0.331 e. The number of likely N-dealkylation sites (N-methyl/N-ethyl adjacent to an activating group) is 2. The maximum absolute atomic E-state index is 13.0. The summed E-state index contributed by atoms with van der Waals surface area (Å²) in [5.41, 5.74) is 5.97. The third kappa shape index (κ3) is 11.5. The second-order valence-electron chi connectivity index (χ2n) is 18.3. The normalized spacial score (nSPS) is 18.9. The first kappa shape index (κ1) is 55.4. The molecule has 0 aliphatic carbocycles. The van der Waals surface area contributed by atoms with Gasteiger partial charge in [0.15, 0.2) is 46.0 Å². The zero-order valence-corrected chi connectivity index (χ0v) is 45.0. The largest absolute Gasteiger partial charge is 0.493 e. The Hall–Kier alpha value is -6.92. The van der Waals surface area contributed by atoms with Crippen LogP contribution in [-0.4, -0.2) is 160 Å². The maximum atomic E-state index is 13.0. The van der Waals surface area contributed by atoms with Crippen LogP contribution in [0.25, 0.3) is 0 Å². The van der Waals surface area contributed by atoms with E-state index in [1.54, 1.807) is 85.3 Å². The smallest absolute Gasteiger partial charge is 0.331 e. The van der Waals surface area contributed by atoms with Gasteiger partial charge in [-0.1, -0.05) is 0 Å². The molecule has 4 aromatic rings. The van der Waals surface area contributed by atoms with E-state index in [1.165, 1.54) is 0 Å². The molecule has 0 saturated carbocycles. The first-order valence-electron chi connectivity index (χ1n) is 24.1. The molecule has 0 radical (unpaired) electrons. The van der Waals surface area contributed by atoms with Crippen LogP contribution in [0, 0.1) is 0 Å². The predicted octanol–water partition coefficient (Wildman–Crippen LogP) is 7.29. The van der Waals surface area contributed by atoms with E-state index in [9.17, 15) is 9.59 Å². The highest BCUT2D eigenvalue weighted by molar-refractivity contribution is 5.91. The summed E-state index contributed by atoms with van der Waals surface area (Å²) in [5.74, 6) is 5.17. The summed E-state index contributed by atoms with van der Waals surface area (Å²) in [5, 5.41) is 0. The molecule has 0 bridgehead atoms. The quantitative estimate of drug-likeness (QED) is 0.0281. The number of rotatable bonds is 25. The molecule has 0 spiro atoms. The third-order valence-corrected chi connectivity index (χ3v) is 14.3. The lowest BCUT2D eigenvalue weighted by molar-refractivity contribution is -0.941. The van der Waals surface area contributed by atoms with Crippen molar-refractivity contribution in [2.24, 2.45) is 0 Å². The number of carbonyl (C=O) groups excluding carboxylic acids is 2. The molecule has 4 aromatic carbocycles. The highest BCUT2D eigenvalue weighted by Crippen LogP contribution is 2.54. The molecule has 18 heteroatoms. The van der Waals surface area contributed by atoms with Crippen LogP contribution in [-0.2, 0) is 38.3 Å². The van der Waals surface area contributed by atoms with Crippen LogP contribution in [0.5, 0.6) is 69.0 Å². The van der Waals surface area contributed by atoms with E-state index >= 15 is 0 Å². The number of carbonyl (C=O) groups is 2. The van der Waals surface area contributed by atoms with Crippen molar-refractivity contribution in [1.29, 1.82) is 0 Å². The molecule has 2 aliphatic rings. The fourth-order valence-corrected chi connectivity index (χ4v) is 10.7. The number of quaternary nitrogens is 2. The summed E-state index contributed by atoms with van der Waals surface area (Å²) in [6, 6.07) is 11.4. The molecule has 0 N–H and O–H groups in total. The monoisotopic (exact) mass is 1020 g/mol. The predicted molar refractivity (Wildman–Crippen MR) is 272 cm³/mol. The van der Waals surface area contributed by atoms with Gasteiger partial charge in [-0.05, 0) is 53.1 Å². The summed E-state index contributed by atoms with van der Waals surface area (Å²) in [6.07, 6.45) is 5.32. The number of ether oxygens (including phenoxy) is 14. The third-order valence-electron chi connectivity index (χ3n) is 14.3. The SMILES string of the molecule is COc1cc(CC2c3c(cc(OC)c(OC)c3OC)CC[N+]2(C)CCCOC(=O)C=CC(=O)OCCC[N+]2(C)CCc3cc(OC)c(OC)c(OC)c3C2c2cc(OC)c(OC)c(OC)c2)cc(OC)c1OC. The van der Waals surface area contributed by atoms with Crippen LogP contribution in [0.4, 0.5) is 0 Å². The van der Waals surface area contributed by atoms with E-state index in [4.69, 9.17) is 66.3 Å². The molecule has 4 atom stereocenters. The van der Waals surface area contributed by atoms with Crippen LogP contribution in [0.15, 0.2) is 48.6 Å². The molecule has 0 fully saturated rings. The van der Waals surface area contributed by atoms with Gasteiger partial charge in [-0.15, -0.1) is 0 Å². The topological polar surface area (TPSA) is 163 Å². The second-order valence-corrected chi connectivity index (χ2v) is 18.3. The number of nitrogens with zero attached hydrogens (tertiary/aromatic N) is 2. The highest BCUT2D eigenvalue weighted by atomic mass is 16.6. The van der Waals surface area contributed by atoms with Gasteiger partial charge in [-0.25, -0.2) is 9.59 Å². The van der Waals surface area contributed by atoms with Gasteiger partial charge in [-0.2, -0.15) is 0 Å². The van der Waals surface area contributed by atoms with Crippen LogP contribution in [0.2, 0.25) is 0 Å². The Labute approximate surface area is 429 Å². The Morgan fingerprint density at radius 2 is 0.836 bits per heavy atom. The van der Waals surface area contributed by atoms with E-state index in [-0.39, 0.29) is 25.3 Å². The highest BCUT2D eigenvalue weighted by Gasteiger charge is 2.46. The van der Waals surface area contributed by atoms with Gasteiger partial charge in [0, 0.05) is 49.8 Å². The van der Waals surface area contributed by atoms with Crippen molar-refractivity contribution in [1.82, 2.24) is 0 Å². The first-order chi connectivity index (χ1) is 35.2. The second kappa shape index (κ2) is 24.7. The summed E-state index contributed by atoms with van der Waals surface area (Å²) >= 11 is 0. The minimum atomic E-state index is -0.649. The van der Waals surface area contributed by atoms with E-state index in [2.05, 4.69) is 14.1 Å². The Morgan fingerprint density at radius 3 is 1.26 bits per heavy atom. The molecule has 4 unspecified atom stereocenters. The zero-order chi connectivity index (χ0) is 53.0. The van der Waals surface area contributed by atoms with Crippen molar-refractivity contribution >= 4 is 11.9 Å². The summed E-state index contributed by atoms with van der Waals surface area (Å²) in [7, 11) is 23.5. The number of benzene rings is 4. The van der Waals surface area contributed by atoms with Gasteiger partial charge in [0.2, 0.25) is 23.0 Å². The van der Waals surface area contributed by atoms with E-state index < -0.39 is 11.9 Å². The Balaban J connectivity index is 1.12. The number of hydrogen-bond acceptors (Lipinski definition) is 16. The van der Waals surface area contributed by atoms with Crippen LogP contribution >= 0.6 is 0 Å². The Morgan fingerprint density at radius 1 is 0.466 bits per heavy atom. The van der Waals surface area contributed by atoms with Gasteiger partial charge < -0.3 is 75.3 Å². The molecule has 18 nitrogen and oxygen atoms in total. The molecule has 2 heterocycles. The number of fused-ring (bicyclic) bond motifs is 2. The molecule has 0 saturated heterocycles. The van der Waals surface area contributed by atoms with Crippen molar-refractivity contribution in [3.05, 3.63) is 81.9 Å². The van der Waals surface area contributed by atoms with Crippen molar-refractivity contribution < 1.29 is 84.9 Å². The Kier molecular flexibility index (Phi) is 18.7. The van der Waals surface area contributed by atoms with Crippen LogP contribution < -0.4 is 56.8 Å². The fraction of sp³-hybridized carbons (Fsp3) is 0.491. The molecular formula is C55H74N2O16+2. The van der Waals surface area contributed by atoms with Gasteiger partial charge in [0.05, 0.1) is 150 Å². The van der Waals surface area contributed by atoms with E-state index in [0.717, 1.165) is 71.5 Å². The zero-order valence-electron chi connectivity index (χ0n) is 45.0. The fourth-order valence-electron chi connectivity index (χ4n) is 10.7. The van der Waals surface area contributed by atoms with Crippen molar-refractivity contribution in [2.75, 3.05) is 139 Å². The van der Waals surface area contributed by atoms with Crippen molar-refractivity contribution in [2.45, 2.75) is 44.2 Å². The molecule has 398 valence electrons. The molecule has 2 aliphatic heterocycles. The van der Waals surface area contributed by atoms with Crippen molar-refractivity contribution in [3.63, 3.8) is 0 Å². The molecule has 0 aromatic heterocycles. The van der Waals surface area contributed by atoms with E-state index in [0.29, 0.717) is 110 Å². The molecule has 0 amide bonds. The van der Waals surface area contributed by atoms with E-state index in [1.807, 2.05) is 36.4 Å². The summed E-state index contributed by atoms with van der Waals surface area (Å²) < 4.78 is 82.0. The van der Waals surface area contributed by atoms with Crippen LogP contribution in [0.3, 0.4) is 0 Å². The average Bonchev–Trinajstić information content (AvgIpc) is 3.41. The minimum absolute atomic E-state index is 0.115. The minimum Gasteiger partial charge on any atom is -0.493 e. The number of hydrogen-bond donors (Lipinski definition) is 0. The lowest BCUT2D eigenvalue weighted by Gasteiger charge is -2.46. The summed E-state index contributed by atoms with van der Waals surface area (Å²) in [4.78, 5) is 26.0. The number of methoxy groups -OCH3 is 12.